The van der Waals surface area contributed by atoms with Gasteiger partial charge in [0.05, 0.1) is 33.5 Å². The zero-order valence-electron chi connectivity index (χ0n) is 17.4. The number of benzene rings is 2. The monoisotopic (exact) mass is 413 g/mol. The molecule has 0 saturated carbocycles. The van der Waals surface area contributed by atoms with Crippen LogP contribution >= 0.6 is 0 Å². The summed E-state index contributed by atoms with van der Waals surface area (Å²) in [6.45, 7) is 12.3. The molecular weight excluding hydrogens is 386 g/mol. The van der Waals surface area contributed by atoms with Gasteiger partial charge < -0.3 is 4.74 Å². The molecule has 0 unspecified atom stereocenters. The number of para-hydroxylation sites is 1. The fourth-order valence-electron chi connectivity index (χ4n) is 3.48. The summed E-state index contributed by atoms with van der Waals surface area (Å²) in [5, 5.41) is 0. The average Bonchev–Trinajstić information content (AvgIpc) is 2.60. The molecule has 0 radical (unpaired) electrons. The molecule has 6 heteroatoms. The highest BCUT2D eigenvalue weighted by Crippen LogP contribution is 2.45. The van der Waals surface area contributed by atoms with Crippen LogP contribution in [0.3, 0.4) is 0 Å². The Morgan fingerprint density at radius 2 is 1.72 bits per heavy atom. The number of anilines is 2. The number of sulfone groups is 1. The minimum absolute atomic E-state index is 0.137. The first-order chi connectivity index (χ1) is 13.5. The number of nitrogens with zero attached hydrogens (tertiary/aromatic N) is 1. The summed E-state index contributed by atoms with van der Waals surface area (Å²) in [6.07, 6.45) is 0.737. The fraction of sp³-hybridized carbons (Fsp3) is 0.348. The molecule has 0 N–H and O–H groups in total. The second kappa shape index (κ2) is 7.67. The zero-order chi connectivity index (χ0) is 21.4. The number of amides is 1. The van der Waals surface area contributed by atoms with Gasteiger partial charge in [-0.3, -0.25) is 9.69 Å². The molecule has 0 aliphatic carbocycles. The molecule has 0 fully saturated rings. The van der Waals surface area contributed by atoms with E-state index in [4.69, 9.17) is 4.74 Å². The number of fused-ring (bicyclic) bond motifs is 2. The Labute approximate surface area is 172 Å². The lowest BCUT2D eigenvalue weighted by atomic mass is 9.91. The Balaban J connectivity index is 2.16. The second-order valence-corrected chi connectivity index (χ2v) is 10.3. The van der Waals surface area contributed by atoms with E-state index in [2.05, 4.69) is 6.58 Å². The van der Waals surface area contributed by atoms with Gasteiger partial charge in [-0.1, -0.05) is 45.5 Å². The van der Waals surface area contributed by atoms with Crippen LogP contribution in [0.2, 0.25) is 0 Å². The lowest BCUT2D eigenvalue weighted by Gasteiger charge is -2.33. The molecule has 3 rings (SSSR count). The Bertz CT molecular complexity index is 1060. The number of rotatable bonds is 5. The van der Waals surface area contributed by atoms with Gasteiger partial charge in [0.2, 0.25) is 15.7 Å². The number of allylic oxidation sites excluding steroid dienone is 1. The van der Waals surface area contributed by atoms with E-state index < -0.39 is 9.84 Å². The third kappa shape index (κ3) is 4.22. The van der Waals surface area contributed by atoms with Crippen LogP contribution in [-0.2, 0) is 25.8 Å². The molecule has 1 aliphatic rings. The van der Waals surface area contributed by atoms with Gasteiger partial charge in [0.15, 0.2) is 0 Å². The van der Waals surface area contributed by atoms with Crippen LogP contribution in [0.4, 0.5) is 11.4 Å². The van der Waals surface area contributed by atoms with Gasteiger partial charge >= 0.3 is 0 Å². The van der Waals surface area contributed by atoms with Crippen molar-refractivity contribution in [3.63, 3.8) is 0 Å². The summed E-state index contributed by atoms with van der Waals surface area (Å²) in [5.74, 6) is 0.459. The van der Waals surface area contributed by atoms with Crippen LogP contribution in [0, 0.1) is 5.41 Å². The van der Waals surface area contributed by atoms with Crippen LogP contribution in [0.25, 0.3) is 0 Å². The summed E-state index contributed by atoms with van der Waals surface area (Å²) in [5.41, 5.74) is 1.39. The quantitative estimate of drug-likeness (QED) is 0.645. The molecule has 0 aromatic heterocycles. The van der Waals surface area contributed by atoms with Gasteiger partial charge in [-0.25, -0.2) is 8.42 Å². The van der Waals surface area contributed by atoms with E-state index in [1.807, 2.05) is 27.7 Å². The van der Waals surface area contributed by atoms with Crippen molar-refractivity contribution < 1.29 is 17.9 Å². The van der Waals surface area contributed by atoms with Crippen molar-refractivity contribution >= 4 is 27.1 Å². The highest BCUT2D eigenvalue weighted by molar-refractivity contribution is 7.92. The van der Waals surface area contributed by atoms with E-state index in [0.717, 1.165) is 5.56 Å². The number of ether oxygens (including phenoxy) is 1. The third-order valence-corrected chi connectivity index (χ3v) is 6.48. The molecule has 0 bridgehead atoms. The van der Waals surface area contributed by atoms with Gasteiger partial charge in [0.1, 0.15) is 0 Å². The second-order valence-electron chi connectivity index (χ2n) is 8.39. The van der Waals surface area contributed by atoms with Crippen LogP contribution in [0.5, 0.6) is 0 Å². The molecule has 1 amide bonds. The maximum atomic E-state index is 13.3. The van der Waals surface area contributed by atoms with Crippen molar-refractivity contribution in [3.8, 4) is 0 Å². The summed E-state index contributed by atoms with van der Waals surface area (Å²) in [7, 11) is -3.71. The highest BCUT2D eigenvalue weighted by Gasteiger charge is 2.37. The largest absolute Gasteiger partial charge is 0.498 e. The highest BCUT2D eigenvalue weighted by atomic mass is 32.2. The number of hydrogen-bond acceptors (Lipinski definition) is 4. The van der Waals surface area contributed by atoms with Gasteiger partial charge in [-0.2, -0.15) is 0 Å². The van der Waals surface area contributed by atoms with Gasteiger partial charge in [-0.15, -0.1) is 0 Å². The molecule has 2 aromatic carbocycles. The maximum absolute atomic E-state index is 13.3. The normalized spacial score (nSPS) is 14.7. The predicted molar refractivity (Wildman–Crippen MR) is 114 cm³/mol. The lowest BCUT2D eigenvalue weighted by molar-refractivity contribution is -0.119. The van der Waals surface area contributed by atoms with E-state index in [-0.39, 0.29) is 27.5 Å². The van der Waals surface area contributed by atoms with E-state index in [0.29, 0.717) is 30.2 Å². The van der Waals surface area contributed by atoms with Crippen molar-refractivity contribution in [1.29, 1.82) is 0 Å². The summed E-state index contributed by atoms with van der Waals surface area (Å²) in [6, 6.07) is 11.7. The number of carbonyl (C=O) groups excluding carboxylic acids is 1. The van der Waals surface area contributed by atoms with Crippen LogP contribution < -0.4 is 4.90 Å². The first kappa shape index (κ1) is 21.1. The molecule has 29 heavy (non-hydrogen) atoms. The fourth-order valence-corrected chi connectivity index (χ4v) is 5.08. The predicted octanol–water partition coefficient (Wildman–Crippen LogP) is 5.03. The van der Waals surface area contributed by atoms with E-state index in [1.165, 1.54) is 0 Å². The SMILES string of the molecule is C=C(Cc1ccc2c(c1)N(C(=O)CC(C)(C)C)c1ccccc1S2(=O)=O)OCC. The number of carbonyl (C=O) groups is 1. The van der Waals surface area contributed by atoms with Crippen molar-refractivity contribution in [2.75, 3.05) is 11.5 Å². The minimum atomic E-state index is -3.71. The molecular formula is C23H27NO4S. The molecule has 0 atom stereocenters. The Hall–Kier alpha value is -2.60. The molecule has 1 aliphatic heterocycles. The molecule has 1 heterocycles. The van der Waals surface area contributed by atoms with Crippen molar-refractivity contribution in [1.82, 2.24) is 0 Å². The van der Waals surface area contributed by atoms with E-state index in [9.17, 15) is 13.2 Å². The Kier molecular flexibility index (Phi) is 5.59. The summed E-state index contributed by atoms with van der Waals surface area (Å²) < 4.78 is 31.8. The van der Waals surface area contributed by atoms with E-state index in [1.54, 1.807) is 47.4 Å². The third-order valence-electron chi connectivity index (χ3n) is 4.63. The maximum Gasteiger partial charge on any atom is 0.232 e. The lowest BCUT2D eigenvalue weighted by Crippen LogP contribution is -2.34. The molecule has 0 saturated heterocycles. The standard InChI is InChI=1S/C23H27NO4S/c1-6-28-16(2)13-17-11-12-21-19(14-17)24(22(25)15-23(3,4)5)18-9-7-8-10-20(18)29(21,26)27/h7-12,14H,2,6,13,15H2,1,3-5H3. The van der Waals surface area contributed by atoms with Crippen LogP contribution in [-0.4, -0.2) is 20.9 Å². The molecule has 0 spiro atoms. The Morgan fingerprint density at radius 3 is 2.38 bits per heavy atom. The van der Waals surface area contributed by atoms with Gasteiger partial charge in [-0.05, 0) is 42.2 Å². The Morgan fingerprint density at radius 1 is 1.07 bits per heavy atom. The summed E-state index contributed by atoms with van der Waals surface area (Å²) >= 11 is 0. The first-order valence-corrected chi connectivity index (χ1v) is 11.1. The zero-order valence-corrected chi connectivity index (χ0v) is 18.2. The number of hydrogen-bond donors (Lipinski definition) is 0. The van der Waals surface area contributed by atoms with E-state index >= 15 is 0 Å². The topological polar surface area (TPSA) is 63.7 Å². The molecule has 5 nitrogen and oxygen atoms in total. The molecule has 2 aromatic rings. The minimum Gasteiger partial charge on any atom is -0.498 e. The first-order valence-electron chi connectivity index (χ1n) is 9.65. The molecule has 154 valence electrons. The van der Waals surface area contributed by atoms with Gasteiger partial charge in [0.25, 0.3) is 0 Å². The van der Waals surface area contributed by atoms with Crippen LogP contribution in [0.1, 0.15) is 39.7 Å². The smallest absolute Gasteiger partial charge is 0.232 e. The van der Waals surface area contributed by atoms with Crippen molar-refractivity contribution in [3.05, 3.63) is 60.4 Å². The van der Waals surface area contributed by atoms with Crippen molar-refractivity contribution in [2.24, 2.45) is 5.41 Å². The average molecular weight is 414 g/mol. The summed E-state index contributed by atoms with van der Waals surface area (Å²) in [4.78, 5) is 15.1. The van der Waals surface area contributed by atoms with Gasteiger partial charge in [0, 0.05) is 12.8 Å². The van der Waals surface area contributed by atoms with Crippen LogP contribution in [0.15, 0.2) is 64.6 Å². The van der Waals surface area contributed by atoms with Crippen molar-refractivity contribution in [2.45, 2.75) is 50.3 Å².